The standard InChI is InChI=1S/C22H28O3/c1-4-22(25-14(2)23)12-10-20-19-7-5-15-13-16(24)6-8-17(15)18(19)9-11-21(20,22)3/h1,13,17-20H,5-12H2,2-3H3/t17?,18?,19?,20?,21-,22+/m1/s1. The minimum absolute atomic E-state index is 0.111. The number of fused-ring (bicyclic) bond motifs is 5. The van der Waals surface area contributed by atoms with Gasteiger partial charge in [0.15, 0.2) is 11.4 Å². The highest BCUT2D eigenvalue weighted by Gasteiger charge is 2.64. The second-order valence-electron chi connectivity index (χ2n) is 8.86. The van der Waals surface area contributed by atoms with Crippen LogP contribution in [0.5, 0.6) is 0 Å². The number of carbonyl (C=O) groups is 2. The van der Waals surface area contributed by atoms with E-state index in [1.165, 1.54) is 12.5 Å². The van der Waals surface area contributed by atoms with Crippen molar-refractivity contribution in [2.75, 3.05) is 0 Å². The minimum Gasteiger partial charge on any atom is -0.445 e. The van der Waals surface area contributed by atoms with E-state index in [0.29, 0.717) is 35.9 Å². The lowest BCUT2D eigenvalue weighted by atomic mass is 9.50. The van der Waals surface area contributed by atoms with Crippen LogP contribution in [-0.2, 0) is 14.3 Å². The molecule has 3 saturated carbocycles. The molecule has 0 spiro atoms. The maximum Gasteiger partial charge on any atom is 0.304 e. The fourth-order valence-corrected chi connectivity index (χ4v) is 6.86. The van der Waals surface area contributed by atoms with Gasteiger partial charge in [-0.2, -0.15) is 0 Å². The molecule has 0 aromatic rings. The summed E-state index contributed by atoms with van der Waals surface area (Å²) in [6.07, 6.45) is 15.8. The Morgan fingerprint density at radius 3 is 2.72 bits per heavy atom. The molecule has 134 valence electrons. The topological polar surface area (TPSA) is 43.4 Å². The van der Waals surface area contributed by atoms with Gasteiger partial charge in [0.25, 0.3) is 0 Å². The van der Waals surface area contributed by atoms with Crippen molar-refractivity contribution in [1.82, 2.24) is 0 Å². The van der Waals surface area contributed by atoms with E-state index >= 15 is 0 Å². The highest BCUT2D eigenvalue weighted by atomic mass is 16.6. The predicted octanol–water partition coefficient (Wildman–Crippen LogP) is 4.06. The quantitative estimate of drug-likeness (QED) is 0.534. The van der Waals surface area contributed by atoms with Crippen molar-refractivity contribution in [3.8, 4) is 12.3 Å². The molecule has 3 heteroatoms. The number of ketones is 1. The molecular weight excluding hydrogens is 312 g/mol. The molecule has 0 saturated heterocycles. The first-order chi connectivity index (χ1) is 11.9. The normalized spacial score (nSPS) is 45.5. The Kier molecular flexibility index (Phi) is 3.87. The maximum atomic E-state index is 11.8. The molecule has 4 rings (SSSR count). The van der Waals surface area contributed by atoms with Crippen molar-refractivity contribution in [2.24, 2.45) is 29.1 Å². The fraction of sp³-hybridized carbons (Fsp3) is 0.727. The molecule has 4 unspecified atom stereocenters. The predicted molar refractivity (Wildman–Crippen MR) is 95.4 cm³/mol. The molecule has 0 N–H and O–H groups in total. The van der Waals surface area contributed by atoms with Crippen molar-refractivity contribution >= 4 is 11.8 Å². The zero-order valence-electron chi connectivity index (χ0n) is 15.3. The third-order valence-corrected chi connectivity index (χ3v) is 7.97. The average Bonchev–Trinajstić information content (AvgIpc) is 2.87. The summed E-state index contributed by atoms with van der Waals surface area (Å²) in [7, 11) is 0. The van der Waals surface area contributed by atoms with Crippen molar-refractivity contribution in [1.29, 1.82) is 0 Å². The largest absolute Gasteiger partial charge is 0.445 e. The zero-order chi connectivity index (χ0) is 17.8. The van der Waals surface area contributed by atoms with Gasteiger partial charge in [0, 0.05) is 18.8 Å². The van der Waals surface area contributed by atoms with Crippen molar-refractivity contribution in [3.05, 3.63) is 11.6 Å². The van der Waals surface area contributed by atoms with E-state index in [0.717, 1.165) is 44.9 Å². The lowest BCUT2D eigenvalue weighted by Gasteiger charge is -2.55. The van der Waals surface area contributed by atoms with Gasteiger partial charge in [-0.3, -0.25) is 9.59 Å². The molecule has 0 bridgehead atoms. The van der Waals surface area contributed by atoms with Crippen LogP contribution in [0.2, 0.25) is 0 Å². The number of carbonyl (C=O) groups excluding carboxylic acids is 2. The Bertz CT molecular complexity index is 684. The molecule has 0 aromatic carbocycles. The third-order valence-electron chi connectivity index (χ3n) is 7.97. The van der Waals surface area contributed by atoms with Gasteiger partial charge in [0.1, 0.15) is 0 Å². The minimum atomic E-state index is -0.729. The molecule has 0 amide bonds. The number of ether oxygens (including phenoxy) is 1. The zero-order valence-corrected chi connectivity index (χ0v) is 15.3. The van der Waals surface area contributed by atoms with Crippen LogP contribution in [0, 0.1) is 41.4 Å². The molecule has 0 heterocycles. The number of esters is 1. The molecule has 3 fully saturated rings. The second-order valence-corrected chi connectivity index (χ2v) is 8.86. The summed E-state index contributed by atoms with van der Waals surface area (Å²) in [5.41, 5.74) is 0.565. The van der Waals surface area contributed by atoms with Gasteiger partial charge in [-0.15, -0.1) is 6.42 Å². The number of rotatable bonds is 1. The Morgan fingerprint density at radius 2 is 2.00 bits per heavy atom. The van der Waals surface area contributed by atoms with Crippen LogP contribution in [0.15, 0.2) is 11.6 Å². The van der Waals surface area contributed by atoms with Crippen LogP contribution in [0.25, 0.3) is 0 Å². The van der Waals surface area contributed by atoms with Crippen LogP contribution >= 0.6 is 0 Å². The Hall–Kier alpha value is -1.56. The van der Waals surface area contributed by atoms with Crippen LogP contribution in [-0.4, -0.2) is 17.4 Å². The molecule has 3 nitrogen and oxygen atoms in total. The van der Waals surface area contributed by atoms with E-state index in [1.54, 1.807) is 0 Å². The first kappa shape index (κ1) is 16.9. The van der Waals surface area contributed by atoms with Gasteiger partial charge < -0.3 is 4.74 Å². The Balaban J connectivity index is 1.64. The lowest BCUT2D eigenvalue weighted by molar-refractivity contribution is -0.167. The van der Waals surface area contributed by atoms with Gasteiger partial charge in [0.05, 0.1) is 0 Å². The summed E-state index contributed by atoms with van der Waals surface area (Å²) < 4.78 is 5.79. The van der Waals surface area contributed by atoms with Crippen molar-refractivity contribution in [3.63, 3.8) is 0 Å². The van der Waals surface area contributed by atoms with E-state index in [-0.39, 0.29) is 11.4 Å². The van der Waals surface area contributed by atoms with E-state index in [9.17, 15) is 9.59 Å². The van der Waals surface area contributed by atoms with Crippen LogP contribution in [0.4, 0.5) is 0 Å². The third kappa shape index (κ3) is 2.33. The van der Waals surface area contributed by atoms with Crippen LogP contribution in [0.3, 0.4) is 0 Å². The monoisotopic (exact) mass is 340 g/mol. The van der Waals surface area contributed by atoms with Crippen LogP contribution < -0.4 is 0 Å². The van der Waals surface area contributed by atoms with E-state index in [1.807, 2.05) is 6.08 Å². The Morgan fingerprint density at radius 1 is 1.20 bits per heavy atom. The molecule has 6 atom stereocenters. The number of allylic oxidation sites excluding steroid dienone is 1. The first-order valence-corrected chi connectivity index (χ1v) is 9.81. The maximum absolute atomic E-state index is 11.8. The first-order valence-electron chi connectivity index (χ1n) is 9.81. The molecule has 4 aliphatic carbocycles. The lowest BCUT2D eigenvalue weighted by Crippen LogP contribution is -2.53. The molecule has 4 aliphatic rings. The smallest absolute Gasteiger partial charge is 0.304 e. The summed E-state index contributed by atoms with van der Waals surface area (Å²) >= 11 is 0. The van der Waals surface area contributed by atoms with Gasteiger partial charge in [0.2, 0.25) is 0 Å². The van der Waals surface area contributed by atoms with E-state index in [4.69, 9.17) is 11.2 Å². The summed E-state index contributed by atoms with van der Waals surface area (Å²) in [6.45, 7) is 3.73. The SMILES string of the molecule is C#C[C@]1(OC(C)=O)CCC2C3CCC4=CC(=O)CCC4C3CC[C@]21C. The number of terminal acetylenes is 1. The molecule has 0 aliphatic heterocycles. The number of hydrogen-bond donors (Lipinski definition) is 0. The highest BCUT2D eigenvalue weighted by molar-refractivity contribution is 5.91. The summed E-state index contributed by atoms with van der Waals surface area (Å²) in [6, 6.07) is 0. The molecule has 0 aromatic heterocycles. The molecular formula is C22H28O3. The van der Waals surface area contributed by atoms with Crippen LogP contribution in [0.1, 0.15) is 65.2 Å². The van der Waals surface area contributed by atoms with Gasteiger partial charge >= 0.3 is 5.97 Å². The Labute approximate surface area is 150 Å². The van der Waals surface area contributed by atoms with Crippen molar-refractivity contribution < 1.29 is 14.3 Å². The average molecular weight is 340 g/mol. The van der Waals surface area contributed by atoms with E-state index in [2.05, 4.69) is 12.8 Å². The van der Waals surface area contributed by atoms with Gasteiger partial charge in [-0.25, -0.2) is 0 Å². The fourth-order valence-electron chi connectivity index (χ4n) is 6.86. The van der Waals surface area contributed by atoms with Crippen molar-refractivity contribution in [2.45, 2.75) is 70.8 Å². The summed E-state index contributed by atoms with van der Waals surface area (Å²) in [5, 5.41) is 0. The van der Waals surface area contributed by atoms with E-state index < -0.39 is 5.60 Å². The van der Waals surface area contributed by atoms with Gasteiger partial charge in [-0.1, -0.05) is 18.4 Å². The summed E-state index contributed by atoms with van der Waals surface area (Å²) in [4.78, 5) is 23.5. The highest BCUT2D eigenvalue weighted by Crippen LogP contribution is 2.65. The second kappa shape index (κ2) is 5.73. The molecule has 25 heavy (non-hydrogen) atoms. The van der Waals surface area contributed by atoms with Gasteiger partial charge in [-0.05, 0) is 74.7 Å². The number of hydrogen-bond acceptors (Lipinski definition) is 3. The summed E-state index contributed by atoms with van der Waals surface area (Å²) in [5.74, 6) is 5.41. The molecule has 0 radical (unpaired) electrons.